The Morgan fingerprint density at radius 1 is 0.742 bits per heavy atom. The van der Waals surface area contributed by atoms with Crippen LogP contribution in [-0.4, -0.2) is 22.2 Å². The van der Waals surface area contributed by atoms with Gasteiger partial charge in [0.25, 0.3) is 0 Å². The second-order valence-corrected chi connectivity index (χ2v) is 10.4. The summed E-state index contributed by atoms with van der Waals surface area (Å²) in [7, 11) is 0. The minimum Gasteiger partial charge on any atom is -0.481 e. The lowest BCUT2D eigenvalue weighted by atomic mass is 9.88. The van der Waals surface area contributed by atoms with E-state index in [0.29, 0.717) is 0 Å². The second kappa shape index (κ2) is 9.75. The molecule has 0 unspecified atom stereocenters. The number of carbonyl (C=O) groups is 2. The number of aliphatic carboxylic acids is 2. The van der Waals surface area contributed by atoms with Crippen molar-refractivity contribution in [1.82, 2.24) is 0 Å². The minimum atomic E-state index is -0.603. The number of carboxylic acid groups (broad SMARTS) is 2. The van der Waals surface area contributed by atoms with Gasteiger partial charge in [0.1, 0.15) is 0 Å². The average Bonchev–Trinajstić information content (AvgIpc) is 3.63. The number of carboxylic acids is 2. The molecule has 0 radical (unpaired) electrons. The molecule has 2 N–H and O–H groups in total. The van der Waals surface area contributed by atoms with Crippen molar-refractivity contribution in [1.29, 1.82) is 0 Å². The normalized spacial score (nSPS) is 18.0. The molecule has 0 aliphatic heterocycles. The zero-order chi connectivity index (χ0) is 22.6. The molecule has 0 bridgehead atoms. The van der Waals surface area contributed by atoms with Gasteiger partial charge in [-0.3, -0.25) is 9.59 Å². The standard InChI is InChI=1S/C27H40O4/c1-19-18-22(10-6-4-5-8-12-26(14-15-26)24(28)29)20(2)21(3)23(19)11-7-9-13-27(16-17-27)25(30)31/h18H,4-17H2,1-3H3,(H,28,29)(H,30,31). The van der Waals surface area contributed by atoms with Crippen LogP contribution in [-0.2, 0) is 22.4 Å². The summed E-state index contributed by atoms with van der Waals surface area (Å²) in [5.74, 6) is -1.20. The maximum atomic E-state index is 11.3. The molecule has 2 aliphatic rings. The van der Waals surface area contributed by atoms with E-state index in [-0.39, 0.29) is 5.41 Å². The van der Waals surface area contributed by atoms with Gasteiger partial charge in [0.05, 0.1) is 10.8 Å². The van der Waals surface area contributed by atoms with Crippen molar-refractivity contribution in [3.05, 3.63) is 33.9 Å². The highest BCUT2D eigenvalue weighted by molar-refractivity contribution is 5.78. The second-order valence-electron chi connectivity index (χ2n) is 10.4. The summed E-state index contributed by atoms with van der Waals surface area (Å²) in [6.45, 7) is 6.69. The van der Waals surface area contributed by atoms with Crippen LogP contribution in [0.15, 0.2) is 6.07 Å². The van der Waals surface area contributed by atoms with Gasteiger partial charge < -0.3 is 10.2 Å². The Balaban J connectivity index is 1.41. The zero-order valence-corrected chi connectivity index (χ0v) is 19.7. The van der Waals surface area contributed by atoms with Crippen LogP contribution in [0.2, 0.25) is 0 Å². The number of unbranched alkanes of at least 4 members (excludes halogenated alkanes) is 4. The molecule has 1 aromatic rings. The first-order valence-corrected chi connectivity index (χ1v) is 12.3. The lowest BCUT2D eigenvalue weighted by molar-refractivity contribution is -0.144. The molecule has 0 amide bonds. The van der Waals surface area contributed by atoms with Crippen LogP contribution >= 0.6 is 0 Å². The molecule has 0 saturated heterocycles. The Hall–Kier alpha value is -1.84. The summed E-state index contributed by atoms with van der Waals surface area (Å²) in [4.78, 5) is 22.6. The predicted molar refractivity (Wildman–Crippen MR) is 124 cm³/mol. The van der Waals surface area contributed by atoms with Gasteiger partial charge in [0.2, 0.25) is 0 Å². The highest BCUT2D eigenvalue weighted by Gasteiger charge is 2.49. The van der Waals surface area contributed by atoms with Gasteiger partial charge in [0.15, 0.2) is 0 Å². The third kappa shape index (κ3) is 5.70. The summed E-state index contributed by atoms with van der Waals surface area (Å²) >= 11 is 0. The quantitative estimate of drug-likeness (QED) is 0.330. The summed E-state index contributed by atoms with van der Waals surface area (Å²) < 4.78 is 0. The summed E-state index contributed by atoms with van der Waals surface area (Å²) in [6, 6.07) is 2.36. The van der Waals surface area contributed by atoms with Crippen molar-refractivity contribution < 1.29 is 19.8 Å². The fourth-order valence-electron chi connectivity index (χ4n) is 5.20. The SMILES string of the molecule is Cc1cc(CCCCCCC2(C(=O)O)CC2)c(C)c(C)c1CCCCC1(C(=O)O)CC1. The maximum absolute atomic E-state index is 11.3. The van der Waals surface area contributed by atoms with Crippen molar-refractivity contribution >= 4 is 11.9 Å². The van der Waals surface area contributed by atoms with Gasteiger partial charge >= 0.3 is 11.9 Å². The molecule has 4 heteroatoms. The Kier molecular flexibility index (Phi) is 7.49. The molecule has 1 aromatic carbocycles. The van der Waals surface area contributed by atoms with E-state index in [1.54, 1.807) is 0 Å². The fourth-order valence-corrected chi connectivity index (χ4v) is 5.20. The van der Waals surface area contributed by atoms with E-state index in [1.807, 2.05) is 0 Å². The Labute approximate surface area is 187 Å². The topological polar surface area (TPSA) is 74.6 Å². The lowest BCUT2D eigenvalue weighted by Gasteiger charge is -2.17. The summed E-state index contributed by atoms with van der Waals surface area (Å²) in [5.41, 5.74) is 6.33. The number of hydrogen-bond donors (Lipinski definition) is 2. The van der Waals surface area contributed by atoms with Crippen LogP contribution in [0.5, 0.6) is 0 Å². The highest BCUT2D eigenvalue weighted by Crippen LogP contribution is 2.50. The van der Waals surface area contributed by atoms with Crippen LogP contribution in [0, 0.1) is 31.6 Å². The Morgan fingerprint density at radius 3 is 1.74 bits per heavy atom. The molecule has 4 nitrogen and oxygen atoms in total. The van der Waals surface area contributed by atoms with Crippen molar-refractivity contribution in [3.63, 3.8) is 0 Å². The molecule has 172 valence electrons. The number of benzene rings is 1. The van der Waals surface area contributed by atoms with Crippen LogP contribution in [0.1, 0.15) is 105 Å². The molecule has 0 atom stereocenters. The van der Waals surface area contributed by atoms with Gasteiger partial charge in [-0.25, -0.2) is 0 Å². The molecule has 0 spiro atoms. The molecule has 2 aliphatic carbocycles. The van der Waals surface area contributed by atoms with Gasteiger partial charge in [-0.2, -0.15) is 0 Å². The van der Waals surface area contributed by atoms with Crippen molar-refractivity contribution in [2.45, 2.75) is 111 Å². The van der Waals surface area contributed by atoms with Crippen molar-refractivity contribution in [3.8, 4) is 0 Å². The molecular weight excluding hydrogens is 388 g/mol. The third-order valence-electron chi connectivity index (χ3n) is 8.16. The van der Waals surface area contributed by atoms with Crippen LogP contribution in [0.4, 0.5) is 0 Å². The van der Waals surface area contributed by atoms with Gasteiger partial charge in [0, 0.05) is 0 Å². The van der Waals surface area contributed by atoms with E-state index in [2.05, 4.69) is 26.8 Å². The first-order valence-electron chi connectivity index (χ1n) is 12.3. The maximum Gasteiger partial charge on any atom is 0.309 e. The third-order valence-corrected chi connectivity index (χ3v) is 8.16. The highest BCUT2D eigenvalue weighted by atomic mass is 16.4. The molecule has 2 fully saturated rings. The number of hydrogen-bond acceptors (Lipinski definition) is 2. The first kappa shape index (κ1) is 23.8. The number of aryl methyl sites for hydroxylation is 2. The van der Waals surface area contributed by atoms with E-state index < -0.39 is 17.4 Å². The van der Waals surface area contributed by atoms with E-state index in [9.17, 15) is 19.8 Å². The van der Waals surface area contributed by atoms with E-state index in [1.165, 1.54) is 34.2 Å². The van der Waals surface area contributed by atoms with Crippen LogP contribution < -0.4 is 0 Å². The Morgan fingerprint density at radius 2 is 1.23 bits per heavy atom. The molecule has 2 saturated carbocycles. The van der Waals surface area contributed by atoms with Gasteiger partial charge in [-0.15, -0.1) is 0 Å². The monoisotopic (exact) mass is 428 g/mol. The smallest absolute Gasteiger partial charge is 0.309 e. The Bertz CT molecular complexity index is 815. The van der Waals surface area contributed by atoms with Crippen LogP contribution in [0.3, 0.4) is 0 Å². The lowest BCUT2D eigenvalue weighted by Crippen LogP contribution is -2.14. The molecule has 0 aromatic heterocycles. The van der Waals surface area contributed by atoms with Crippen molar-refractivity contribution in [2.75, 3.05) is 0 Å². The molecule has 0 heterocycles. The number of rotatable bonds is 14. The summed E-state index contributed by atoms with van der Waals surface area (Å²) in [6.07, 6.45) is 13.8. The van der Waals surface area contributed by atoms with E-state index in [4.69, 9.17) is 0 Å². The van der Waals surface area contributed by atoms with E-state index >= 15 is 0 Å². The van der Waals surface area contributed by atoms with Crippen LogP contribution in [0.25, 0.3) is 0 Å². The average molecular weight is 429 g/mol. The molecule has 3 rings (SSSR count). The zero-order valence-electron chi connectivity index (χ0n) is 19.7. The van der Waals surface area contributed by atoms with Gasteiger partial charge in [-0.05, 0) is 113 Å². The fraction of sp³-hybridized carbons (Fsp3) is 0.704. The minimum absolute atomic E-state index is 0.368. The van der Waals surface area contributed by atoms with E-state index in [0.717, 1.165) is 83.5 Å². The molecular formula is C27H40O4. The predicted octanol–water partition coefficient (Wildman–Crippen LogP) is 6.55. The van der Waals surface area contributed by atoms with Gasteiger partial charge in [-0.1, -0.05) is 31.7 Å². The molecule has 31 heavy (non-hydrogen) atoms. The largest absolute Gasteiger partial charge is 0.481 e. The first-order chi connectivity index (χ1) is 14.7. The van der Waals surface area contributed by atoms with Crippen molar-refractivity contribution in [2.24, 2.45) is 10.8 Å². The summed E-state index contributed by atoms with van der Waals surface area (Å²) in [5, 5.41) is 18.6.